The van der Waals surface area contributed by atoms with Gasteiger partial charge in [-0.25, -0.2) is 0 Å². The van der Waals surface area contributed by atoms with Gasteiger partial charge in [0.2, 0.25) is 5.91 Å². The van der Waals surface area contributed by atoms with E-state index in [-0.39, 0.29) is 18.4 Å². The van der Waals surface area contributed by atoms with Gasteiger partial charge in [-0.1, -0.05) is 12.1 Å². The van der Waals surface area contributed by atoms with Crippen LogP contribution in [0.25, 0.3) is 0 Å². The van der Waals surface area contributed by atoms with E-state index in [1.807, 2.05) is 12.3 Å². The smallest absolute Gasteiger partial charge is 0.253 e. The molecule has 26 heavy (non-hydrogen) atoms. The fourth-order valence-electron chi connectivity index (χ4n) is 2.29. The van der Waals surface area contributed by atoms with Gasteiger partial charge in [-0.15, -0.1) is 0 Å². The van der Waals surface area contributed by atoms with Gasteiger partial charge in [0.1, 0.15) is 17.9 Å². The second kappa shape index (κ2) is 10.4. The van der Waals surface area contributed by atoms with Crippen LogP contribution in [0.3, 0.4) is 0 Å². The number of aliphatic hydroxyl groups excluding tert-OH is 1. The molecule has 0 saturated carbocycles. The van der Waals surface area contributed by atoms with Gasteiger partial charge in [0.05, 0.1) is 18.4 Å². The summed E-state index contributed by atoms with van der Waals surface area (Å²) in [5, 5.41) is 15.4. The lowest BCUT2D eigenvalue weighted by Crippen LogP contribution is -2.48. The fourth-order valence-corrected chi connectivity index (χ4v) is 3.22. The average molecular weight is 441 g/mol. The summed E-state index contributed by atoms with van der Waals surface area (Å²) in [5.74, 6) is 0.424. The first-order valence-corrected chi connectivity index (χ1v) is 10.2. The molecule has 0 saturated heterocycles. The maximum atomic E-state index is 12.5. The number of hydrogen-bond acceptors (Lipinski definition) is 5. The number of thioether (sulfide) groups is 1. The Balaban J connectivity index is 1.97. The number of amides is 2. The van der Waals surface area contributed by atoms with E-state index in [0.717, 1.165) is 5.75 Å². The van der Waals surface area contributed by atoms with Gasteiger partial charge in [-0.05, 0) is 58.6 Å². The van der Waals surface area contributed by atoms with E-state index < -0.39 is 12.1 Å². The van der Waals surface area contributed by atoms with Gasteiger partial charge in [-0.2, -0.15) is 11.8 Å². The van der Waals surface area contributed by atoms with E-state index >= 15 is 0 Å². The number of rotatable bonds is 9. The number of furan rings is 1. The van der Waals surface area contributed by atoms with Gasteiger partial charge in [0.15, 0.2) is 0 Å². The van der Waals surface area contributed by atoms with Crippen molar-refractivity contribution in [1.29, 1.82) is 0 Å². The lowest BCUT2D eigenvalue weighted by Gasteiger charge is -2.19. The first kappa shape index (κ1) is 20.5. The Labute approximate surface area is 164 Å². The van der Waals surface area contributed by atoms with Crippen molar-refractivity contribution < 1.29 is 19.1 Å². The highest BCUT2D eigenvalue weighted by Crippen LogP contribution is 2.16. The van der Waals surface area contributed by atoms with Gasteiger partial charge in [0, 0.05) is 4.47 Å². The summed E-state index contributed by atoms with van der Waals surface area (Å²) in [4.78, 5) is 25.0. The molecule has 0 radical (unpaired) electrons. The lowest BCUT2D eigenvalue weighted by molar-refractivity contribution is -0.123. The molecule has 8 heteroatoms. The maximum absolute atomic E-state index is 12.5. The van der Waals surface area contributed by atoms with Crippen LogP contribution in [0, 0.1) is 0 Å². The third kappa shape index (κ3) is 5.89. The molecule has 1 heterocycles. The first-order chi connectivity index (χ1) is 12.5. The van der Waals surface area contributed by atoms with Crippen LogP contribution >= 0.6 is 27.7 Å². The summed E-state index contributed by atoms with van der Waals surface area (Å²) in [7, 11) is 0. The molecule has 0 aliphatic rings. The molecule has 6 nitrogen and oxygen atoms in total. The molecule has 2 atom stereocenters. The summed E-state index contributed by atoms with van der Waals surface area (Å²) >= 11 is 4.93. The summed E-state index contributed by atoms with van der Waals surface area (Å²) in [6.07, 6.45) is 2.94. The number of halogens is 1. The van der Waals surface area contributed by atoms with Crippen molar-refractivity contribution >= 4 is 39.5 Å². The van der Waals surface area contributed by atoms with Crippen LogP contribution in [-0.2, 0) is 4.79 Å². The molecule has 140 valence electrons. The van der Waals surface area contributed by atoms with Crippen molar-refractivity contribution in [2.75, 3.05) is 18.6 Å². The van der Waals surface area contributed by atoms with Gasteiger partial charge in [-0.3, -0.25) is 9.59 Å². The minimum atomic E-state index is -0.936. The van der Waals surface area contributed by atoms with Gasteiger partial charge >= 0.3 is 0 Å². The quantitative estimate of drug-likeness (QED) is 0.557. The molecule has 0 spiro atoms. The molecule has 2 amide bonds. The average Bonchev–Trinajstić information content (AvgIpc) is 3.17. The topological polar surface area (TPSA) is 91.6 Å². The zero-order valence-electron chi connectivity index (χ0n) is 14.3. The highest BCUT2D eigenvalue weighted by Gasteiger charge is 2.23. The number of carbonyl (C=O) groups is 2. The zero-order valence-corrected chi connectivity index (χ0v) is 16.7. The Morgan fingerprint density at radius 2 is 2.04 bits per heavy atom. The minimum absolute atomic E-state index is 0.00696. The van der Waals surface area contributed by atoms with Crippen LogP contribution in [0.4, 0.5) is 0 Å². The highest BCUT2D eigenvalue weighted by molar-refractivity contribution is 9.10. The summed E-state index contributed by atoms with van der Waals surface area (Å²) in [6, 6.07) is 9.64. The highest BCUT2D eigenvalue weighted by atomic mass is 79.9. The maximum Gasteiger partial charge on any atom is 0.253 e. The number of benzene rings is 1. The summed E-state index contributed by atoms with van der Waals surface area (Å²) in [5.41, 5.74) is 0.463. The Bertz CT molecular complexity index is 724. The Morgan fingerprint density at radius 3 is 2.69 bits per heavy atom. The molecule has 0 bridgehead atoms. The van der Waals surface area contributed by atoms with E-state index in [4.69, 9.17) is 4.42 Å². The van der Waals surface area contributed by atoms with E-state index in [9.17, 15) is 14.7 Å². The molecule has 0 aliphatic carbocycles. The monoisotopic (exact) mass is 440 g/mol. The number of nitrogens with one attached hydrogen (secondary N) is 2. The predicted octanol–water partition coefficient (Wildman–Crippen LogP) is 2.74. The first-order valence-electron chi connectivity index (χ1n) is 8.06. The van der Waals surface area contributed by atoms with E-state index in [1.54, 1.807) is 42.1 Å². The number of carbonyl (C=O) groups excluding carboxylic acids is 2. The molecule has 0 aliphatic heterocycles. The molecule has 2 aromatic rings. The standard InChI is InChI=1S/C18H21BrN2O4S/c1-26-10-8-14(21-17(23)12-5-2-3-6-13(12)19)18(24)20-11-15(22)16-7-4-9-25-16/h2-7,9,14-15,22H,8,10-11H2,1H3,(H,20,24)(H,21,23). The van der Waals surface area contributed by atoms with Crippen LogP contribution in [-0.4, -0.2) is 41.5 Å². The molecular weight excluding hydrogens is 420 g/mol. The Morgan fingerprint density at radius 1 is 1.27 bits per heavy atom. The zero-order chi connectivity index (χ0) is 18.9. The lowest BCUT2D eigenvalue weighted by atomic mass is 10.1. The molecule has 3 N–H and O–H groups in total. The third-order valence-corrected chi connectivity index (χ3v) is 5.03. The number of hydrogen-bond donors (Lipinski definition) is 3. The van der Waals surface area contributed by atoms with Crippen LogP contribution in [0.15, 0.2) is 51.6 Å². The SMILES string of the molecule is CSCCC(NC(=O)c1ccccc1Br)C(=O)NCC(O)c1ccco1. The van der Waals surface area contributed by atoms with Crippen molar-refractivity contribution in [2.45, 2.75) is 18.6 Å². The molecule has 1 aromatic carbocycles. The van der Waals surface area contributed by atoms with Crippen LogP contribution in [0.1, 0.15) is 28.6 Å². The van der Waals surface area contributed by atoms with Crippen molar-refractivity contribution in [2.24, 2.45) is 0 Å². The molecule has 0 fully saturated rings. The third-order valence-electron chi connectivity index (χ3n) is 3.69. The Hall–Kier alpha value is -1.77. The molecule has 2 unspecified atom stereocenters. The van der Waals surface area contributed by atoms with E-state index in [2.05, 4.69) is 26.6 Å². The van der Waals surface area contributed by atoms with Crippen molar-refractivity contribution in [3.63, 3.8) is 0 Å². The van der Waals surface area contributed by atoms with Crippen LogP contribution in [0.2, 0.25) is 0 Å². The Kier molecular flexibility index (Phi) is 8.21. The minimum Gasteiger partial charge on any atom is -0.467 e. The van der Waals surface area contributed by atoms with Gasteiger partial charge in [0.25, 0.3) is 5.91 Å². The van der Waals surface area contributed by atoms with Crippen molar-refractivity contribution in [1.82, 2.24) is 10.6 Å². The van der Waals surface area contributed by atoms with E-state index in [1.165, 1.54) is 6.26 Å². The number of aliphatic hydroxyl groups is 1. The summed E-state index contributed by atoms with van der Waals surface area (Å²) in [6.45, 7) is 0.00696. The molecule has 1 aromatic heterocycles. The largest absolute Gasteiger partial charge is 0.467 e. The van der Waals surface area contributed by atoms with Crippen LogP contribution in [0.5, 0.6) is 0 Å². The van der Waals surface area contributed by atoms with Gasteiger partial charge < -0.3 is 20.2 Å². The summed E-state index contributed by atoms with van der Waals surface area (Å²) < 4.78 is 5.77. The molecular formula is C18H21BrN2O4S. The second-order valence-electron chi connectivity index (χ2n) is 5.56. The van der Waals surface area contributed by atoms with Crippen molar-refractivity contribution in [3.05, 3.63) is 58.5 Å². The predicted molar refractivity (Wildman–Crippen MR) is 105 cm³/mol. The van der Waals surface area contributed by atoms with Crippen molar-refractivity contribution in [3.8, 4) is 0 Å². The van der Waals surface area contributed by atoms with E-state index in [0.29, 0.717) is 22.2 Å². The molecule has 2 rings (SSSR count). The second-order valence-corrected chi connectivity index (χ2v) is 7.40. The van der Waals surface area contributed by atoms with Crippen LogP contribution < -0.4 is 10.6 Å². The fraction of sp³-hybridized carbons (Fsp3) is 0.333. The normalized spacial score (nSPS) is 13.0.